The maximum absolute atomic E-state index is 13.8. The predicted molar refractivity (Wildman–Crippen MR) is 149 cm³/mol. The number of pyridine rings is 1. The van der Waals surface area contributed by atoms with E-state index in [0.29, 0.717) is 23.2 Å². The van der Waals surface area contributed by atoms with Crippen LogP contribution >= 0.6 is 0 Å². The van der Waals surface area contributed by atoms with Crippen LogP contribution in [0, 0.1) is 5.92 Å². The molecule has 2 aromatic carbocycles. The number of Topliss-reactive ketones (excluding diaryl/α,β-unsaturated/α-hetero) is 1. The topological polar surface area (TPSA) is 77.5 Å². The van der Waals surface area contributed by atoms with Crippen LogP contribution in [0.1, 0.15) is 98.4 Å². The number of hydrogen-bond acceptors (Lipinski definition) is 5. The van der Waals surface area contributed by atoms with Crippen molar-refractivity contribution in [3.8, 4) is 5.75 Å². The van der Waals surface area contributed by atoms with Crippen molar-refractivity contribution in [2.45, 2.75) is 83.3 Å². The summed E-state index contributed by atoms with van der Waals surface area (Å²) in [6.07, 6.45) is 5.37. The monoisotopic (exact) mass is 514 g/mol. The van der Waals surface area contributed by atoms with Gasteiger partial charge in [0, 0.05) is 16.8 Å². The number of benzene rings is 2. The first-order valence-electron chi connectivity index (χ1n) is 13.8. The summed E-state index contributed by atoms with van der Waals surface area (Å²) in [5.41, 5.74) is 3.22. The van der Waals surface area contributed by atoms with E-state index in [4.69, 9.17) is 14.5 Å². The molecule has 6 heteroatoms. The van der Waals surface area contributed by atoms with Crippen molar-refractivity contribution < 1.29 is 19.1 Å². The SMILES string of the molecule is COc1ccc(C2CCC(C(=O)c3nc(COC(=O)NC(C)(C)C)ccc3C3CC3)CC2)c2ccccc12. The first-order valence-corrected chi connectivity index (χ1v) is 13.8. The van der Waals surface area contributed by atoms with E-state index in [-0.39, 0.29) is 23.8 Å². The fourth-order valence-electron chi connectivity index (χ4n) is 5.68. The van der Waals surface area contributed by atoms with Crippen molar-refractivity contribution >= 4 is 22.6 Å². The molecule has 200 valence electrons. The number of fused-ring (bicyclic) bond motifs is 1. The van der Waals surface area contributed by atoms with Gasteiger partial charge in [0.15, 0.2) is 5.78 Å². The van der Waals surface area contributed by atoms with E-state index < -0.39 is 6.09 Å². The van der Waals surface area contributed by atoms with Crippen LogP contribution in [0.25, 0.3) is 10.8 Å². The van der Waals surface area contributed by atoms with E-state index in [0.717, 1.165) is 55.2 Å². The number of ketones is 1. The Morgan fingerprint density at radius 3 is 2.16 bits per heavy atom. The van der Waals surface area contributed by atoms with Crippen molar-refractivity contribution in [1.82, 2.24) is 10.3 Å². The number of nitrogens with zero attached hydrogens (tertiary/aromatic N) is 1. The molecule has 0 unspecified atom stereocenters. The van der Waals surface area contributed by atoms with Crippen LogP contribution in [-0.2, 0) is 11.3 Å². The first kappa shape index (κ1) is 26.2. The number of amides is 1. The molecule has 0 spiro atoms. The van der Waals surface area contributed by atoms with Crippen LogP contribution in [0.3, 0.4) is 0 Å². The number of ether oxygens (including phenoxy) is 2. The second-order valence-corrected chi connectivity index (χ2v) is 11.8. The average Bonchev–Trinajstić information content (AvgIpc) is 3.75. The molecule has 0 saturated heterocycles. The third kappa shape index (κ3) is 5.85. The maximum Gasteiger partial charge on any atom is 0.407 e. The quantitative estimate of drug-likeness (QED) is 0.335. The Labute approximate surface area is 225 Å². The van der Waals surface area contributed by atoms with Crippen molar-refractivity contribution in [3.63, 3.8) is 0 Å². The van der Waals surface area contributed by atoms with E-state index in [2.05, 4.69) is 35.6 Å². The van der Waals surface area contributed by atoms with Crippen LogP contribution in [0.5, 0.6) is 5.75 Å². The number of rotatable bonds is 7. The maximum atomic E-state index is 13.8. The number of hydrogen-bond donors (Lipinski definition) is 1. The van der Waals surface area contributed by atoms with Gasteiger partial charge in [-0.25, -0.2) is 9.78 Å². The highest BCUT2D eigenvalue weighted by Crippen LogP contribution is 2.44. The van der Waals surface area contributed by atoms with Gasteiger partial charge in [0.25, 0.3) is 0 Å². The molecule has 0 radical (unpaired) electrons. The molecule has 1 heterocycles. The minimum absolute atomic E-state index is 0.0267. The lowest BCUT2D eigenvalue weighted by Gasteiger charge is -2.29. The van der Waals surface area contributed by atoms with E-state index in [1.807, 2.05) is 39.0 Å². The summed E-state index contributed by atoms with van der Waals surface area (Å²) >= 11 is 0. The second-order valence-electron chi connectivity index (χ2n) is 11.8. The number of aromatic nitrogens is 1. The molecule has 0 atom stereocenters. The van der Waals surface area contributed by atoms with Gasteiger partial charge in [0.1, 0.15) is 18.1 Å². The number of carbonyl (C=O) groups excluding carboxylic acids is 2. The van der Waals surface area contributed by atoms with Crippen molar-refractivity contribution in [3.05, 3.63) is 71.0 Å². The smallest absolute Gasteiger partial charge is 0.407 e. The van der Waals surface area contributed by atoms with Gasteiger partial charge in [-0.3, -0.25) is 4.79 Å². The third-order valence-corrected chi connectivity index (χ3v) is 7.74. The molecule has 5 rings (SSSR count). The molecule has 2 aliphatic rings. The van der Waals surface area contributed by atoms with E-state index in [1.165, 1.54) is 10.9 Å². The highest BCUT2D eigenvalue weighted by atomic mass is 16.5. The van der Waals surface area contributed by atoms with Gasteiger partial charge in [-0.2, -0.15) is 0 Å². The summed E-state index contributed by atoms with van der Waals surface area (Å²) in [4.78, 5) is 30.6. The van der Waals surface area contributed by atoms with Gasteiger partial charge in [-0.05, 0) is 99.8 Å². The van der Waals surface area contributed by atoms with Crippen LogP contribution in [0.2, 0.25) is 0 Å². The van der Waals surface area contributed by atoms with E-state index in [1.54, 1.807) is 7.11 Å². The molecule has 6 nitrogen and oxygen atoms in total. The minimum atomic E-state index is -0.483. The lowest BCUT2D eigenvalue weighted by molar-refractivity contribution is 0.0877. The summed E-state index contributed by atoms with van der Waals surface area (Å²) in [6, 6.07) is 16.6. The Morgan fingerprint density at radius 1 is 0.868 bits per heavy atom. The largest absolute Gasteiger partial charge is 0.496 e. The molecule has 1 aromatic heterocycles. The summed E-state index contributed by atoms with van der Waals surface area (Å²) in [5.74, 6) is 1.85. The lowest BCUT2D eigenvalue weighted by Crippen LogP contribution is -2.40. The summed E-state index contributed by atoms with van der Waals surface area (Å²) in [6.45, 7) is 5.75. The fraction of sp³-hybridized carbons (Fsp3) is 0.469. The van der Waals surface area contributed by atoms with Crippen LogP contribution in [-0.4, -0.2) is 29.5 Å². The Kier molecular flexibility index (Phi) is 7.42. The van der Waals surface area contributed by atoms with Crippen LogP contribution in [0.15, 0.2) is 48.5 Å². The first-order chi connectivity index (χ1) is 18.2. The van der Waals surface area contributed by atoms with E-state index in [9.17, 15) is 9.59 Å². The van der Waals surface area contributed by atoms with Gasteiger partial charge >= 0.3 is 6.09 Å². The highest BCUT2D eigenvalue weighted by Gasteiger charge is 2.34. The Hall–Kier alpha value is -3.41. The molecule has 2 aliphatic carbocycles. The zero-order chi connectivity index (χ0) is 26.9. The Bertz CT molecular complexity index is 1330. The molecule has 0 aliphatic heterocycles. The van der Waals surface area contributed by atoms with Crippen molar-refractivity contribution in [2.24, 2.45) is 5.92 Å². The molecular formula is C32H38N2O4. The minimum Gasteiger partial charge on any atom is -0.496 e. The average molecular weight is 515 g/mol. The summed E-state index contributed by atoms with van der Waals surface area (Å²) in [7, 11) is 1.71. The van der Waals surface area contributed by atoms with Gasteiger partial charge in [-0.15, -0.1) is 0 Å². The zero-order valence-corrected chi connectivity index (χ0v) is 22.9. The second kappa shape index (κ2) is 10.8. The molecule has 0 bridgehead atoms. The van der Waals surface area contributed by atoms with Crippen LogP contribution in [0.4, 0.5) is 4.79 Å². The Morgan fingerprint density at radius 2 is 1.50 bits per heavy atom. The molecular weight excluding hydrogens is 476 g/mol. The van der Waals surface area contributed by atoms with Gasteiger partial charge in [-0.1, -0.05) is 36.4 Å². The van der Waals surface area contributed by atoms with Crippen LogP contribution < -0.4 is 10.1 Å². The third-order valence-electron chi connectivity index (χ3n) is 7.74. The van der Waals surface area contributed by atoms with Gasteiger partial charge in [0.05, 0.1) is 12.8 Å². The Balaban J connectivity index is 1.29. The number of alkyl carbamates (subject to hydrolysis) is 1. The molecule has 2 saturated carbocycles. The molecule has 1 amide bonds. The fourth-order valence-corrected chi connectivity index (χ4v) is 5.68. The zero-order valence-electron chi connectivity index (χ0n) is 22.9. The van der Waals surface area contributed by atoms with E-state index >= 15 is 0 Å². The summed E-state index contributed by atoms with van der Waals surface area (Å²) in [5, 5.41) is 5.17. The number of carbonyl (C=O) groups is 2. The number of nitrogens with one attached hydrogen (secondary N) is 1. The van der Waals surface area contributed by atoms with Crippen molar-refractivity contribution in [1.29, 1.82) is 0 Å². The number of methoxy groups -OCH3 is 1. The highest BCUT2D eigenvalue weighted by molar-refractivity contribution is 5.98. The predicted octanol–water partition coefficient (Wildman–Crippen LogP) is 7.30. The summed E-state index contributed by atoms with van der Waals surface area (Å²) < 4.78 is 11.0. The normalized spacial score (nSPS) is 19.7. The lowest BCUT2D eigenvalue weighted by atomic mass is 9.75. The molecule has 3 aromatic rings. The van der Waals surface area contributed by atoms with Crippen molar-refractivity contribution in [2.75, 3.05) is 7.11 Å². The van der Waals surface area contributed by atoms with Gasteiger partial charge in [0.2, 0.25) is 0 Å². The molecule has 2 fully saturated rings. The van der Waals surface area contributed by atoms with Gasteiger partial charge < -0.3 is 14.8 Å². The molecule has 38 heavy (non-hydrogen) atoms. The standard InChI is InChI=1S/C32H38N2O4/c1-32(2,3)34-31(36)38-19-23-15-16-25(21-9-10-21)29(33-23)30(35)22-13-11-20(12-14-22)24-17-18-28(37-4)27-8-6-5-7-26(24)27/h5-8,15-18,20-22H,9-14,19H2,1-4H3,(H,34,36). The molecule has 1 N–H and O–H groups in total.